The maximum absolute atomic E-state index is 14.7. The fourth-order valence-electron chi connectivity index (χ4n) is 5.60. The summed E-state index contributed by atoms with van der Waals surface area (Å²) in [4.78, 5) is 19.8. The van der Waals surface area contributed by atoms with Gasteiger partial charge in [-0.2, -0.15) is 5.10 Å². The van der Waals surface area contributed by atoms with Crippen LogP contribution in [0.15, 0.2) is 67.0 Å². The highest BCUT2D eigenvalue weighted by molar-refractivity contribution is 5.96. The van der Waals surface area contributed by atoms with Crippen molar-refractivity contribution in [2.24, 2.45) is 0 Å². The molecule has 10 nitrogen and oxygen atoms in total. The van der Waals surface area contributed by atoms with Gasteiger partial charge in [0.2, 0.25) is 0 Å². The molecule has 6 aromatic rings. The molecular weight excluding hydrogens is 557 g/mol. The number of piperidine rings is 1. The van der Waals surface area contributed by atoms with Crippen LogP contribution in [-0.2, 0) is 0 Å². The largest absolute Gasteiger partial charge is 0.489 e. The number of pyridine rings is 2. The van der Waals surface area contributed by atoms with Crippen LogP contribution in [-0.4, -0.2) is 81.4 Å². The highest BCUT2D eigenvalue weighted by atomic mass is 19.1. The number of H-pyrrole nitrogens is 2. The molecule has 0 unspecified atom stereocenters. The van der Waals surface area contributed by atoms with Crippen LogP contribution in [0.4, 0.5) is 10.1 Å². The molecule has 2 aromatic carbocycles. The maximum Gasteiger partial charge on any atom is 0.161 e. The Bertz CT molecular complexity index is 1930. The van der Waals surface area contributed by atoms with Gasteiger partial charge in [0.15, 0.2) is 11.5 Å². The summed E-state index contributed by atoms with van der Waals surface area (Å²) in [5, 5.41) is 14.3. The Kier molecular flexibility index (Phi) is 7.63. The van der Waals surface area contributed by atoms with Crippen LogP contribution in [0.2, 0.25) is 0 Å². The van der Waals surface area contributed by atoms with Crippen molar-refractivity contribution in [1.29, 1.82) is 0 Å². The number of likely N-dealkylation sites (N-methyl/N-ethyl adjacent to an activating group) is 1. The minimum Gasteiger partial charge on any atom is -0.489 e. The minimum atomic E-state index is -0.308. The third kappa shape index (κ3) is 5.84. The molecular formula is C33H34FN9O. The first kappa shape index (κ1) is 27.9. The standard InChI is InChI=1S/C33H34FN9O/c1-43(2)13-12-37-23-15-20(14-22(34)17-23)26-4-3-5-28-30(26)40-33(39-28)32-31-29(41-42-32)7-6-27(38-31)21-16-25(19-36-18-21)44-24-8-10-35-11-9-24/h3-7,14-19,24,35,37H,8-13H2,1-2H3,(H,39,40)(H,41,42). The smallest absolute Gasteiger partial charge is 0.161 e. The van der Waals surface area contributed by atoms with Crippen LogP contribution in [0.25, 0.3) is 56.0 Å². The van der Waals surface area contributed by atoms with Crippen LogP contribution in [0.3, 0.4) is 0 Å². The fraction of sp³-hybridized carbons (Fsp3) is 0.273. The van der Waals surface area contributed by atoms with E-state index in [-0.39, 0.29) is 11.9 Å². The van der Waals surface area contributed by atoms with Crippen molar-refractivity contribution in [3.05, 3.63) is 72.8 Å². The van der Waals surface area contributed by atoms with Gasteiger partial charge in [-0.05, 0) is 88.1 Å². The number of nitrogens with zero attached hydrogens (tertiary/aromatic N) is 5. The molecule has 1 fully saturated rings. The highest BCUT2D eigenvalue weighted by Gasteiger charge is 2.19. The van der Waals surface area contributed by atoms with E-state index < -0.39 is 0 Å². The van der Waals surface area contributed by atoms with Gasteiger partial charge in [0.25, 0.3) is 0 Å². The van der Waals surface area contributed by atoms with Crippen LogP contribution in [0, 0.1) is 5.82 Å². The summed E-state index contributed by atoms with van der Waals surface area (Å²) in [6, 6.07) is 16.7. The van der Waals surface area contributed by atoms with E-state index in [1.807, 2.05) is 56.6 Å². The zero-order valence-electron chi connectivity index (χ0n) is 24.7. The molecule has 1 saturated heterocycles. The van der Waals surface area contributed by atoms with Crippen LogP contribution in [0.1, 0.15) is 12.8 Å². The first-order valence-electron chi connectivity index (χ1n) is 14.9. The Morgan fingerprint density at radius 2 is 1.84 bits per heavy atom. The lowest BCUT2D eigenvalue weighted by Crippen LogP contribution is -2.34. The molecule has 7 rings (SSSR count). The van der Waals surface area contributed by atoms with Crippen molar-refractivity contribution in [3.8, 4) is 39.7 Å². The predicted octanol–water partition coefficient (Wildman–Crippen LogP) is 5.47. The molecule has 4 N–H and O–H groups in total. The van der Waals surface area contributed by atoms with E-state index in [0.29, 0.717) is 23.6 Å². The maximum atomic E-state index is 14.7. The monoisotopic (exact) mass is 591 g/mol. The lowest BCUT2D eigenvalue weighted by molar-refractivity contribution is 0.162. The summed E-state index contributed by atoms with van der Waals surface area (Å²) in [5.74, 6) is 1.00. The molecule has 5 heterocycles. The van der Waals surface area contributed by atoms with Crippen LogP contribution >= 0.6 is 0 Å². The highest BCUT2D eigenvalue weighted by Crippen LogP contribution is 2.33. The SMILES string of the molecule is CN(C)CCNc1cc(F)cc(-c2cccc3[nH]c(-c4n[nH]c5ccc(-c6cncc(OC7CCNCC7)c6)nc45)nc23)c1. The Balaban J connectivity index is 1.21. The molecule has 44 heavy (non-hydrogen) atoms. The molecule has 0 spiro atoms. The van der Waals surface area contributed by atoms with E-state index >= 15 is 0 Å². The lowest BCUT2D eigenvalue weighted by atomic mass is 10.0. The predicted molar refractivity (Wildman–Crippen MR) is 171 cm³/mol. The Morgan fingerprint density at radius 3 is 2.70 bits per heavy atom. The third-order valence-electron chi connectivity index (χ3n) is 7.84. The van der Waals surface area contributed by atoms with Crippen molar-refractivity contribution in [2.75, 3.05) is 45.6 Å². The lowest BCUT2D eigenvalue weighted by Gasteiger charge is -2.23. The number of aromatic amines is 2. The minimum absolute atomic E-state index is 0.181. The van der Waals surface area contributed by atoms with E-state index in [0.717, 1.165) is 82.8 Å². The average Bonchev–Trinajstić information content (AvgIpc) is 3.65. The number of aromatic nitrogens is 6. The number of nitrogens with one attached hydrogen (secondary N) is 4. The first-order valence-corrected chi connectivity index (χ1v) is 14.9. The number of benzene rings is 2. The van der Waals surface area contributed by atoms with Gasteiger partial charge in [-0.1, -0.05) is 12.1 Å². The number of halogens is 1. The molecule has 0 saturated carbocycles. The molecule has 1 aliphatic rings. The fourth-order valence-corrected chi connectivity index (χ4v) is 5.60. The second kappa shape index (κ2) is 12.0. The van der Waals surface area contributed by atoms with E-state index in [2.05, 4.69) is 35.7 Å². The van der Waals surface area contributed by atoms with E-state index in [1.165, 1.54) is 12.1 Å². The second-order valence-electron chi connectivity index (χ2n) is 11.4. The number of hydrogen-bond donors (Lipinski definition) is 4. The molecule has 0 atom stereocenters. The zero-order chi connectivity index (χ0) is 30.0. The number of imidazole rings is 1. The number of fused-ring (bicyclic) bond motifs is 2. The van der Waals surface area contributed by atoms with Gasteiger partial charge in [0, 0.05) is 36.1 Å². The van der Waals surface area contributed by atoms with Crippen molar-refractivity contribution >= 4 is 27.8 Å². The van der Waals surface area contributed by atoms with E-state index in [1.54, 1.807) is 12.4 Å². The molecule has 1 aliphatic heterocycles. The topological polar surface area (TPSA) is 120 Å². The van der Waals surface area contributed by atoms with Crippen LogP contribution < -0.4 is 15.4 Å². The number of hydrogen-bond acceptors (Lipinski definition) is 8. The van der Waals surface area contributed by atoms with Gasteiger partial charge in [-0.25, -0.2) is 14.4 Å². The van der Waals surface area contributed by atoms with E-state index in [4.69, 9.17) is 14.7 Å². The summed E-state index contributed by atoms with van der Waals surface area (Å²) in [6.45, 7) is 3.46. The zero-order valence-corrected chi connectivity index (χ0v) is 24.7. The van der Waals surface area contributed by atoms with Gasteiger partial charge in [0.1, 0.15) is 23.2 Å². The van der Waals surface area contributed by atoms with Crippen molar-refractivity contribution < 1.29 is 9.13 Å². The van der Waals surface area contributed by atoms with Crippen molar-refractivity contribution in [2.45, 2.75) is 18.9 Å². The summed E-state index contributed by atoms with van der Waals surface area (Å²) in [6.07, 6.45) is 5.67. The molecule has 0 radical (unpaired) electrons. The number of ether oxygens (including phenoxy) is 1. The van der Waals surface area contributed by atoms with Crippen molar-refractivity contribution in [1.82, 2.24) is 40.3 Å². The molecule has 224 valence electrons. The van der Waals surface area contributed by atoms with Crippen LogP contribution in [0.5, 0.6) is 5.75 Å². The summed E-state index contributed by atoms with van der Waals surface area (Å²) in [5.41, 5.74) is 7.54. The molecule has 11 heteroatoms. The van der Waals surface area contributed by atoms with E-state index in [9.17, 15) is 4.39 Å². The Labute approximate surface area is 254 Å². The van der Waals surface area contributed by atoms with Gasteiger partial charge in [-0.15, -0.1) is 0 Å². The summed E-state index contributed by atoms with van der Waals surface area (Å²) in [7, 11) is 4.02. The van der Waals surface area contributed by atoms with Crippen molar-refractivity contribution in [3.63, 3.8) is 0 Å². The first-order chi connectivity index (χ1) is 21.5. The second-order valence-corrected chi connectivity index (χ2v) is 11.4. The number of rotatable bonds is 9. The van der Waals surface area contributed by atoms with Gasteiger partial charge in [-0.3, -0.25) is 10.1 Å². The number of para-hydroxylation sites is 1. The normalized spacial score (nSPS) is 14.1. The third-order valence-corrected chi connectivity index (χ3v) is 7.84. The molecule has 0 amide bonds. The average molecular weight is 592 g/mol. The molecule has 4 aromatic heterocycles. The van der Waals surface area contributed by atoms with Gasteiger partial charge in [0.05, 0.1) is 28.4 Å². The van der Waals surface area contributed by atoms with Gasteiger partial charge >= 0.3 is 0 Å². The molecule has 0 bridgehead atoms. The Hall–Kier alpha value is -4.87. The van der Waals surface area contributed by atoms with Gasteiger partial charge < -0.3 is 25.3 Å². The quantitative estimate of drug-likeness (QED) is 0.175. The Morgan fingerprint density at radius 1 is 0.955 bits per heavy atom. The summed E-state index contributed by atoms with van der Waals surface area (Å²) < 4.78 is 20.9. The number of anilines is 1. The molecule has 0 aliphatic carbocycles. The summed E-state index contributed by atoms with van der Waals surface area (Å²) >= 11 is 0.